The molecule has 0 saturated carbocycles. The van der Waals surface area contributed by atoms with Gasteiger partial charge < -0.3 is 5.73 Å². The molecule has 4 heteroatoms. The van der Waals surface area contributed by atoms with E-state index in [2.05, 4.69) is 15.0 Å². The predicted molar refractivity (Wildman–Crippen MR) is 72.1 cm³/mol. The molecule has 18 heavy (non-hydrogen) atoms. The number of nitrogens with two attached hydrogens (primary N) is 1. The third-order valence-corrected chi connectivity index (χ3v) is 2.95. The van der Waals surface area contributed by atoms with E-state index < -0.39 is 0 Å². The van der Waals surface area contributed by atoms with E-state index in [0.29, 0.717) is 12.4 Å². The van der Waals surface area contributed by atoms with Crippen LogP contribution in [-0.2, 0) is 6.42 Å². The zero-order valence-electron chi connectivity index (χ0n) is 10.8. The zero-order chi connectivity index (χ0) is 13.0. The summed E-state index contributed by atoms with van der Waals surface area (Å²) >= 11 is 0. The largest absolute Gasteiger partial charge is 0.330 e. The van der Waals surface area contributed by atoms with Crippen LogP contribution >= 0.6 is 0 Å². The molecule has 0 amide bonds. The molecule has 0 fully saturated rings. The summed E-state index contributed by atoms with van der Waals surface area (Å²) in [5, 5.41) is 0. The van der Waals surface area contributed by atoms with Gasteiger partial charge in [0.1, 0.15) is 5.69 Å². The minimum absolute atomic E-state index is 0.695. The normalized spacial score (nSPS) is 10.6. The second-order valence-electron chi connectivity index (χ2n) is 4.30. The minimum atomic E-state index is 0.695. The smallest absolute Gasteiger partial charge is 0.178 e. The van der Waals surface area contributed by atoms with Crippen LogP contribution in [0.25, 0.3) is 11.5 Å². The van der Waals surface area contributed by atoms with Crippen LogP contribution in [0.5, 0.6) is 0 Å². The van der Waals surface area contributed by atoms with E-state index >= 15 is 0 Å². The lowest BCUT2D eigenvalue weighted by Gasteiger charge is -2.10. The van der Waals surface area contributed by atoms with Crippen molar-refractivity contribution >= 4 is 0 Å². The first-order chi connectivity index (χ1) is 8.72. The molecule has 0 aliphatic rings. The summed E-state index contributed by atoms with van der Waals surface area (Å²) in [4.78, 5) is 13.4. The number of aryl methyl sites for hydroxylation is 2. The van der Waals surface area contributed by atoms with Crippen LogP contribution in [0.1, 0.15) is 23.4 Å². The van der Waals surface area contributed by atoms with Crippen molar-refractivity contribution in [3.05, 3.63) is 41.3 Å². The maximum atomic E-state index is 5.55. The molecule has 0 saturated heterocycles. The van der Waals surface area contributed by atoms with Crippen molar-refractivity contribution in [1.82, 2.24) is 15.0 Å². The lowest BCUT2D eigenvalue weighted by molar-refractivity contribution is 0.805. The van der Waals surface area contributed by atoms with E-state index in [9.17, 15) is 0 Å². The van der Waals surface area contributed by atoms with Crippen molar-refractivity contribution < 1.29 is 0 Å². The summed E-state index contributed by atoms with van der Waals surface area (Å²) in [6.45, 7) is 4.74. The molecule has 4 nitrogen and oxygen atoms in total. The highest BCUT2D eigenvalue weighted by Crippen LogP contribution is 2.17. The van der Waals surface area contributed by atoms with Crippen LogP contribution in [0.4, 0.5) is 0 Å². The van der Waals surface area contributed by atoms with Crippen LogP contribution in [0.3, 0.4) is 0 Å². The summed E-state index contributed by atoms with van der Waals surface area (Å²) in [7, 11) is 0. The van der Waals surface area contributed by atoms with Crippen molar-refractivity contribution in [2.75, 3.05) is 6.54 Å². The average molecular weight is 242 g/mol. The van der Waals surface area contributed by atoms with Gasteiger partial charge in [-0.3, -0.25) is 4.98 Å². The number of hydrogen-bond acceptors (Lipinski definition) is 4. The highest BCUT2D eigenvalue weighted by molar-refractivity contribution is 5.49. The van der Waals surface area contributed by atoms with Gasteiger partial charge in [-0.05, 0) is 50.9 Å². The minimum Gasteiger partial charge on any atom is -0.330 e. The van der Waals surface area contributed by atoms with Gasteiger partial charge in [-0.15, -0.1) is 0 Å². The monoisotopic (exact) mass is 242 g/mol. The first-order valence-electron chi connectivity index (χ1n) is 6.18. The second kappa shape index (κ2) is 5.69. The molecular weight excluding hydrogens is 224 g/mol. The first-order valence-corrected chi connectivity index (χ1v) is 6.18. The van der Waals surface area contributed by atoms with Crippen molar-refractivity contribution in [1.29, 1.82) is 0 Å². The van der Waals surface area contributed by atoms with E-state index in [1.807, 2.05) is 32.0 Å². The quantitative estimate of drug-likeness (QED) is 0.891. The maximum Gasteiger partial charge on any atom is 0.178 e. The molecule has 2 heterocycles. The fraction of sp³-hybridized carbons (Fsp3) is 0.357. The Balaban J connectivity index is 2.36. The maximum absolute atomic E-state index is 5.55. The van der Waals surface area contributed by atoms with Crippen molar-refractivity contribution in [3.8, 4) is 11.5 Å². The Morgan fingerprint density at radius 1 is 1.11 bits per heavy atom. The van der Waals surface area contributed by atoms with E-state index in [1.54, 1.807) is 6.20 Å². The van der Waals surface area contributed by atoms with Crippen LogP contribution in [0.2, 0.25) is 0 Å². The van der Waals surface area contributed by atoms with Crippen LogP contribution in [-0.4, -0.2) is 21.5 Å². The number of pyridine rings is 1. The molecule has 0 spiro atoms. The molecular formula is C14H18N4. The molecule has 2 aromatic rings. The van der Waals surface area contributed by atoms with Gasteiger partial charge in [0.2, 0.25) is 0 Å². The second-order valence-corrected chi connectivity index (χ2v) is 4.30. The molecule has 0 unspecified atom stereocenters. The Labute approximate surface area is 107 Å². The Morgan fingerprint density at radius 2 is 1.83 bits per heavy atom. The van der Waals surface area contributed by atoms with Crippen molar-refractivity contribution in [3.63, 3.8) is 0 Å². The molecule has 0 aliphatic carbocycles. The third-order valence-electron chi connectivity index (χ3n) is 2.95. The molecule has 0 bridgehead atoms. The molecule has 2 rings (SSSR count). The van der Waals surface area contributed by atoms with Gasteiger partial charge in [0.05, 0.1) is 0 Å². The van der Waals surface area contributed by atoms with Gasteiger partial charge in [-0.2, -0.15) is 0 Å². The molecule has 0 aliphatic heterocycles. The summed E-state index contributed by atoms with van der Waals surface area (Å²) in [6, 6.07) is 5.76. The molecule has 0 aromatic carbocycles. The SMILES string of the molecule is Cc1nc(-c2ccccn2)nc(C)c1CCCN. The molecule has 94 valence electrons. The van der Waals surface area contributed by atoms with Gasteiger partial charge in [0.25, 0.3) is 0 Å². The topological polar surface area (TPSA) is 64.7 Å². The number of hydrogen-bond donors (Lipinski definition) is 1. The Bertz CT molecular complexity index is 500. The van der Waals surface area contributed by atoms with Crippen LogP contribution < -0.4 is 5.73 Å². The van der Waals surface area contributed by atoms with Gasteiger partial charge in [-0.1, -0.05) is 6.07 Å². The van der Waals surface area contributed by atoms with E-state index in [1.165, 1.54) is 5.56 Å². The summed E-state index contributed by atoms with van der Waals surface area (Å²) in [5.41, 5.74) is 9.62. The van der Waals surface area contributed by atoms with Crippen molar-refractivity contribution in [2.24, 2.45) is 5.73 Å². The first kappa shape index (κ1) is 12.6. The fourth-order valence-electron chi connectivity index (χ4n) is 1.99. The van der Waals surface area contributed by atoms with Gasteiger partial charge in [0, 0.05) is 17.6 Å². The summed E-state index contributed by atoms with van der Waals surface area (Å²) in [5.74, 6) is 0.696. The Morgan fingerprint density at radius 3 is 2.39 bits per heavy atom. The number of nitrogens with zero attached hydrogens (tertiary/aromatic N) is 3. The van der Waals surface area contributed by atoms with Gasteiger partial charge in [-0.25, -0.2) is 9.97 Å². The predicted octanol–water partition coefficient (Wildman–Crippen LogP) is 2.05. The van der Waals surface area contributed by atoms with Crippen molar-refractivity contribution in [2.45, 2.75) is 26.7 Å². The number of aromatic nitrogens is 3. The molecule has 0 atom stereocenters. The molecule has 2 N–H and O–H groups in total. The Hall–Kier alpha value is -1.81. The van der Waals surface area contributed by atoms with Crippen LogP contribution in [0, 0.1) is 13.8 Å². The van der Waals surface area contributed by atoms with E-state index in [-0.39, 0.29) is 0 Å². The Kier molecular flexibility index (Phi) is 3.99. The third kappa shape index (κ3) is 2.71. The lowest BCUT2D eigenvalue weighted by atomic mass is 10.1. The van der Waals surface area contributed by atoms with Crippen LogP contribution in [0.15, 0.2) is 24.4 Å². The fourth-order valence-corrected chi connectivity index (χ4v) is 1.99. The summed E-state index contributed by atoms with van der Waals surface area (Å²) < 4.78 is 0. The zero-order valence-corrected chi connectivity index (χ0v) is 10.8. The molecule has 0 radical (unpaired) electrons. The molecule has 2 aromatic heterocycles. The van der Waals surface area contributed by atoms with Gasteiger partial charge in [0.15, 0.2) is 5.82 Å². The highest BCUT2D eigenvalue weighted by Gasteiger charge is 2.09. The van der Waals surface area contributed by atoms with Gasteiger partial charge >= 0.3 is 0 Å². The summed E-state index contributed by atoms with van der Waals surface area (Å²) in [6.07, 6.45) is 3.66. The number of rotatable bonds is 4. The standard InChI is InChI=1S/C14H18N4/c1-10-12(6-5-8-15)11(2)18-14(17-10)13-7-3-4-9-16-13/h3-4,7,9H,5-6,8,15H2,1-2H3. The average Bonchev–Trinajstić information content (AvgIpc) is 2.39. The van der Waals surface area contributed by atoms with E-state index in [0.717, 1.165) is 29.9 Å². The lowest BCUT2D eigenvalue weighted by Crippen LogP contribution is -2.06. The van der Waals surface area contributed by atoms with E-state index in [4.69, 9.17) is 5.73 Å². The highest BCUT2D eigenvalue weighted by atomic mass is 14.9.